The van der Waals surface area contributed by atoms with Crippen LogP contribution in [0.15, 0.2) is 0 Å². The van der Waals surface area contributed by atoms with Gasteiger partial charge in [0.1, 0.15) is 7.05 Å². The standard InChI is InChI=1S/C5H10NO/c1-5-6(2)3-4-7-5/h3-4H2,1-2H3/q+1. The van der Waals surface area contributed by atoms with E-state index in [1.807, 2.05) is 14.0 Å². The van der Waals surface area contributed by atoms with Gasteiger partial charge in [-0.25, -0.2) is 4.58 Å². The Balaban J connectivity index is 2.64. The maximum atomic E-state index is 5.11. The van der Waals surface area contributed by atoms with Gasteiger partial charge in [0.05, 0.1) is 6.92 Å². The molecule has 0 radical (unpaired) electrons. The molecule has 1 aliphatic rings. The van der Waals surface area contributed by atoms with E-state index in [0.29, 0.717) is 0 Å². The van der Waals surface area contributed by atoms with E-state index in [1.54, 1.807) is 0 Å². The summed E-state index contributed by atoms with van der Waals surface area (Å²) in [5.41, 5.74) is 0. The Kier molecular flexibility index (Phi) is 1.01. The summed E-state index contributed by atoms with van der Waals surface area (Å²) in [6.07, 6.45) is 0. The topological polar surface area (TPSA) is 12.2 Å². The van der Waals surface area contributed by atoms with Crippen LogP contribution >= 0.6 is 0 Å². The molecule has 1 aliphatic heterocycles. The van der Waals surface area contributed by atoms with Gasteiger partial charge in [0.2, 0.25) is 0 Å². The van der Waals surface area contributed by atoms with Gasteiger partial charge in [-0.15, -0.1) is 0 Å². The van der Waals surface area contributed by atoms with Crippen LogP contribution in [0.4, 0.5) is 0 Å². The van der Waals surface area contributed by atoms with Crippen molar-refractivity contribution in [2.24, 2.45) is 0 Å². The number of rotatable bonds is 0. The van der Waals surface area contributed by atoms with Crippen LogP contribution in [0.3, 0.4) is 0 Å². The molecule has 1 rings (SSSR count). The summed E-state index contributed by atoms with van der Waals surface area (Å²) in [5.74, 6) is 1.04. The van der Waals surface area contributed by atoms with Crippen LogP contribution in [0.5, 0.6) is 0 Å². The minimum Gasteiger partial charge on any atom is -0.442 e. The summed E-state index contributed by atoms with van der Waals surface area (Å²) in [6, 6.07) is 0. The van der Waals surface area contributed by atoms with Gasteiger partial charge in [0, 0.05) is 0 Å². The Bertz CT molecular complexity index is 94.6. The van der Waals surface area contributed by atoms with Gasteiger partial charge in [-0.1, -0.05) is 0 Å². The second kappa shape index (κ2) is 1.52. The Morgan fingerprint density at radius 1 is 1.71 bits per heavy atom. The first-order chi connectivity index (χ1) is 3.30. The average molecular weight is 100 g/mol. The fourth-order valence-electron chi connectivity index (χ4n) is 0.598. The van der Waals surface area contributed by atoms with Crippen molar-refractivity contribution in [3.8, 4) is 0 Å². The lowest BCUT2D eigenvalue weighted by atomic mass is 10.7. The summed E-state index contributed by atoms with van der Waals surface area (Å²) < 4.78 is 7.20. The lowest BCUT2D eigenvalue weighted by Crippen LogP contribution is -2.05. The number of likely N-dealkylation sites (N-methyl/N-ethyl adjacent to an activating group) is 1. The molecule has 2 nitrogen and oxygen atoms in total. The van der Waals surface area contributed by atoms with E-state index in [-0.39, 0.29) is 0 Å². The molecule has 0 atom stereocenters. The van der Waals surface area contributed by atoms with Gasteiger partial charge >= 0.3 is 5.90 Å². The van der Waals surface area contributed by atoms with Crippen LogP contribution in [0.25, 0.3) is 0 Å². The third-order valence-electron chi connectivity index (χ3n) is 1.28. The van der Waals surface area contributed by atoms with Gasteiger partial charge in [0.15, 0.2) is 13.2 Å². The molecule has 0 aromatic heterocycles. The minimum atomic E-state index is 0.863. The minimum absolute atomic E-state index is 0.863. The van der Waals surface area contributed by atoms with Crippen molar-refractivity contribution in [3.63, 3.8) is 0 Å². The molecule has 0 unspecified atom stereocenters. The van der Waals surface area contributed by atoms with Crippen molar-refractivity contribution in [2.75, 3.05) is 20.2 Å². The average Bonchev–Trinajstić information content (AvgIpc) is 1.91. The highest BCUT2D eigenvalue weighted by Gasteiger charge is 2.12. The van der Waals surface area contributed by atoms with Crippen LogP contribution < -0.4 is 0 Å². The van der Waals surface area contributed by atoms with Crippen LogP contribution in [0, 0.1) is 0 Å². The molecule has 0 aromatic rings. The first-order valence-electron chi connectivity index (χ1n) is 2.48. The summed E-state index contributed by atoms with van der Waals surface area (Å²) in [6.45, 7) is 3.89. The zero-order valence-corrected chi connectivity index (χ0v) is 4.77. The zero-order valence-electron chi connectivity index (χ0n) is 4.77. The molecule has 1 heterocycles. The second-order valence-electron chi connectivity index (χ2n) is 1.79. The van der Waals surface area contributed by atoms with Crippen molar-refractivity contribution in [3.05, 3.63) is 0 Å². The molecule has 40 valence electrons. The number of nitrogens with zero attached hydrogens (tertiary/aromatic N) is 1. The fourth-order valence-corrected chi connectivity index (χ4v) is 0.598. The Morgan fingerprint density at radius 2 is 2.43 bits per heavy atom. The highest BCUT2D eigenvalue weighted by atomic mass is 16.5. The summed E-state index contributed by atoms with van der Waals surface area (Å²) in [7, 11) is 2.03. The zero-order chi connectivity index (χ0) is 5.28. The van der Waals surface area contributed by atoms with Crippen LogP contribution in [-0.4, -0.2) is 30.7 Å². The predicted molar refractivity (Wildman–Crippen MR) is 27.7 cm³/mol. The summed E-state index contributed by atoms with van der Waals surface area (Å²) in [4.78, 5) is 0. The van der Waals surface area contributed by atoms with E-state index >= 15 is 0 Å². The Hall–Kier alpha value is -0.530. The maximum absolute atomic E-state index is 5.11. The summed E-state index contributed by atoms with van der Waals surface area (Å²) >= 11 is 0. The first-order valence-corrected chi connectivity index (χ1v) is 2.48. The number of hydrogen-bond donors (Lipinski definition) is 0. The molecule has 0 saturated carbocycles. The molecule has 0 spiro atoms. The summed E-state index contributed by atoms with van der Waals surface area (Å²) in [5, 5.41) is 0. The van der Waals surface area contributed by atoms with E-state index < -0.39 is 0 Å². The molecule has 0 aliphatic carbocycles. The number of ether oxygens (including phenoxy) is 1. The SMILES string of the molecule is CC1=[N+](C)CCO1. The van der Waals surface area contributed by atoms with Crippen LogP contribution in [0.2, 0.25) is 0 Å². The smallest absolute Gasteiger partial charge is 0.333 e. The van der Waals surface area contributed by atoms with Gasteiger partial charge in [-0.2, -0.15) is 0 Å². The molecule has 2 heteroatoms. The maximum Gasteiger partial charge on any atom is 0.333 e. The molecule has 0 amide bonds. The molecular weight excluding hydrogens is 90.1 g/mol. The fraction of sp³-hybridized carbons (Fsp3) is 0.800. The van der Waals surface area contributed by atoms with E-state index in [2.05, 4.69) is 4.58 Å². The van der Waals surface area contributed by atoms with Crippen molar-refractivity contribution in [1.82, 2.24) is 0 Å². The van der Waals surface area contributed by atoms with Crippen molar-refractivity contribution >= 4 is 5.90 Å². The third-order valence-corrected chi connectivity index (χ3v) is 1.28. The Morgan fingerprint density at radius 3 is 2.57 bits per heavy atom. The highest BCUT2D eigenvalue weighted by molar-refractivity contribution is 5.68. The lowest BCUT2D eigenvalue weighted by molar-refractivity contribution is -0.487. The van der Waals surface area contributed by atoms with Gasteiger partial charge in [-0.3, -0.25) is 0 Å². The normalized spacial score (nSPS) is 20.3. The van der Waals surface area contributed by atoms with Crippen LogP contribution in [-0.2, 0) is 4.74 Å². The molecule has 7 heavy (non-hydrogen) atoms. The van der Waals surface area contributed by atoms with Crippen LogP contribution in [0.1, 0.15) is 6.92 Å². The van der Waals surface area contributed by atoms with E-state index in [4.69, 9.17) is 4.74 Å². The molecule has 0 aromatic carbocycles. The van der Waals surface area contributed by atoms with E-state index in [9.17, 15) is 0 Å². The van der Waals surface area contributed by atoms with E-state index in [1.165, 1.54) is 0 Å². The second-order valence-corrected chi connectivity index (χ2v) is 1.79. The van der Waals surface area contributed by atoms with Gasteiger partial charge < -0.3 is 4.74 Å². The van der Waals surface area contributed by atoms with Gasteiger partial charge in [-0.05, 0) is 0 Å². The largest absolute Gasteiger partial charge is 0.442 e. The van der Waals surface area contributed by atoms with Crippen molar-refractivity contribution < 1.29 is 9.31 Å². The highest BCUT2D eigenvalue weighted by Crippen LogP contribution is 1.88. The van der Waals surface area contributed by atoms with Crippen molar-refractivity contribution in [1.29, 1.82) is 0 Å². The molecule has 0 saturated heterocycles. The molecule has 0 fully saturated rings. The Labute approximate surface area is 43.4 Å². The van der Waals surface area contributed by atoms with Gasteiger partial charge in [0.25, 0.3) is 0 Å². The van der Waals surface area contributed by atoms with E-state index in [0.717, 1.165) is 19.0 Å². The lowest BCUT2D eigenvalue weighted by Gasteiger charge is -1.82. The van der Waals surface area contributed by atoms with Crippen molar-refractivity contribution in [2.45, 2.75) is 6.92 Å². The molecular formula is C5H10NO+. The third kappa shape index (κ3) is 0.734. The predicted octanol–water partition coefficient (Wildman–Crippen LogP) is 0.0773. The molecule has 0 N–H and O–H groups in total. The first kappa shape index (κ1) is 4.62. The quantitative estimate of drug-likeness (QED) is 0.392. The monoisotopic (exact) mass is 100 g/mol. The molecule has 0 bridgehead atoms. The number of hydrogen-bond acceptors (Lipinski definition) is 1.